The van der Waals surface area contributed by atoms with Gasteiger partial charge in [-0.05, 0) is 86.8 Å². The van der Waals surface area contributed by atoms with E-state index in [2.05, 4.69) is 10.4 Å². The van der Waals surface area contributed by atoms with E-state index in [4.69, 9.17) is 11.6 Å². The Morgan fingerprint density at radius 2 is 1.88 bits per heavy atom. The number of benzene rings is 1. The molecule has 5 aliphatic carbocycles. The highest BCUT2D eigenvalue weighted by Crippen LogP contribution is 2.64. The van der Waals surface area contributed by atoms with Crippen molar-refractivity contribution in [1.82, 2.24) is 9.66 Å². The minimum absolute atomic E-state index is 0.00684. The van der Waals surface area contributed by atoms with Gasteiger partial charge in [0.2, 0.25) is 5.91 Å². The van der Waals surface area contributed by atoms with Crippen LogP contribution in [0.3, 0.4) is 0 Å². The van der Waals surface area contributed by atoms with E-state index in [1.54, 1.807) is 0 Å². The maximum Gasteiger partial charge on any atom is 0.416 e. The summed E-state index contributed by atoms with van der Waals surface area (Å²) in [4.78, 5) is 30.6. The van der Waals surface area contributed by atoms with Crippen LogP contribution in [0.1, 0.15) is 75.1 Å². The van der Waals surface area contributed by atoms with Gasteiger partial charge in [0.15, 0.2) is 0 Å². The molecular formula is C24H25ClF3N3O2. The number of fused-ring (bicyclic) bond motifs is 1. The van der Waals surface area contributed by atoms with Crippen molar-refractivity contribution in [3.8, 4) is 0 Å². The molecule has 4 bridgehead atoms. The lowest BCUT2D eigenvalue weighted by Gasteiger charge is -2.60. The maximum atomic E-state index is 13.2. The number of carbonyl (C=O) groups is 1. The second kappa shape index (κ2) is 6.96. The predicted octanol–water partition coefficient (Wildman–Crippen LogP) is 5.33. The van der Waals surface area contributed by atoms with Crippen molar-refractivity contribution in [2.45, 2.75) is 74.8 Å². The molecule has 0 radical (unpaired) electrons. The van der Waals surface area contributed by atoms with Gasteiger partial charge in [-0.15, -0.1) is 11.6 Å². The van der Waals surface area contributed by atoms with E-state index < -0.39 is 17.3 Å². The van der Waals surface area contributed by atoms with E-state index in [9.17, 15) is 22.8 Å². The highest BCUT2D eigenvalue weighted by molar-refractivity contribution is 6.24. The second-order valence-electron chi connectivity index (χ2n) is 10.9. The van der Waals surface area contributed by atoms with Crippen molar-refractivity contribution in [2.24, 2.45) is 17.3 Å². The molecule has 2 unspecified atom stereocenters. The summed E-state index contributed by atoms with van der Waals surface area (Å²) in [7, 11) is 0. The average molecular weight is 480 g/mol. The summed E-state index contributed by atoms with van der Waals surface area (Å²) < 4.78 is 40.6. The Labute approximate surface area is 193 Å². The van der Waals surface area contributed by atoms with Gasteiger partial charge in [0.25, 0.3) is 5.56 Å². The first-order valence-electron chi connectivity index (χ1n) is 11.7. The van der Waals surface area contributed by atoms with Gasteiger partial charge in [0.05, 0.1) is 16.5 Å². The Hall–Kier alpha value is -2.09. The van der Waals surface area contributed by atoms with Crippen LogP contribution in [0.4, 0.5) is 13.2 Å². The molecule has 7 rings (SSSR count). The number of nitrogens with one attached hydrogen (secondary N) is 1. The van der Waals surface area contributed by atoms with Gasteiger partial charge in [0.1, 0.15) is 5.82 Å². The molecule has 0 aliphatic heterocycles. The Kier molecular flexibility index (Phi) is 4.53. The molecule has 9 heteroatoms. The molecule has 2 atom stereocenters. The van der Waals surface area contributed by atoms with Crippen LogP contribution < -0.4 is 11.0 Å². The number of halogens is 4. The number of carbonyl (C=O) groups excluding carboxylic acids is 1. The van der Waals surface area contributed by atoms with Crippen LogP contribution in [0.5, 0.6) is 0 Å². The Balaban J connectivity index is 1.31. The number of hydrogen-bond acceptors (Lipinski definition) is 3. The normalized spacial score (nSPS) is 33.0. The first-order valence-corrected chi connectivity index (χ1v) is 12.0. The van der Waals surface area contributed by atoms with Crippen LogP contribution in [-0.4, -0.2) is 20.4 Å². The third-order valence-electron chi connectivity index (χ3n) is 8.05. The molecule has 5 fully saturated rings. The smallest absolute Gasteiger partial charge is 0.273 e. The Bertz CT molecular complexity index is 1210. The highest BCUT2D eigenvalue weighted by Gasteiger charge is 2.57. The number of amides is 1. The van der Waals surface area contributed by atoms with Crippen LogP contribution in [0.15, 0.2) is 23.0 Å². The molecular weight excluding hydrogens is 455 g/mol. The van der Waals surface area contributed by atoms with Gasteiger partial charge >= 0.3 is 6.18 Å². The van der Waals surface area contributed by atoms with E-state index in [-0.39, 0.29) is 33.0 Å². The molecule has 0 spiro atoms. The van der Waals surface area contributed by atoms with Crippen molar-refractivity contribution in [1.29, 1.82) is 0 Å². The van der Waals surface area contributed by atoms with Crippen LogP contribution in [0.2, 0.25) is 0 Å². The zero-order chi connectivity index (χ0) is 23.2. The molecule has 1 aromatic carbocycles. The number of alkyl halides is 4. The summed E-state index contributed by atoms with van der Waals surface area (Å²) in [5.41, 5.74) is 1.25. The molecule has 0 saturated heterocycles. The number of nitrogens with zero attached hydrogens (tertiary/aromatic N) is 2. The number of rotatable bonds is 4. The molecule has 5 nitrogen and oxygen atoms in total. The molecule has 5 aliphatic rings. The number of hydrogen-bond donors (Lipinski definition) is 1. The fourth-order valence-electron chi connectivity index (χ4n) is 7.15. The van der Waals surface area contributed by atoms with Crippen molar-refractivity contribution in [2.75, 3.05) is 5.43 Å². The molecule has 1 aromatic heterocycles. The standard InChI is InChI=1S/C24H25ClF3N3O2/c25-23-9-13-5-14(10-23)8-22(7-13,12-23)11-19(32)30-31-20(15-1-2-15)29-18-6-16(24(26,27)28)3-4-17(18)21(31)33/h3-4,6,13-15H,1-2,5,7-12H2,(H,30,32). The van der Waals surface area contributed by atoms with Gasteiger partial charge < -0.3 is 0 Å². The van der Waals surface area contributed by atoms with Gasteiger partial charge in [-0.1, -0.05) is 0 Å². The Morgan fingerprint density at radius 3 is 2.48 bits per heavy atom. The quantitative estimate of drug-likeness (QED) is 0.603. The second-order valence-corrected chi connectivity index (χ2v) is 11.7. The van der Waals surface area contributed by atoms with E-state index in [1.807, 2.05) is 0 Å². The summed E-state index contributed by atoms with van der Waals surface area (Å²) in [6.45, 7) is 0. The minimum atomic E-state index is -4.52. The van der Waals surface area contributed by atoms with Crippen LogP contribution in [-0.2, 0) is 11.0 Å². The fourth-order valence-corrected chi connectivity index (χ4v) is 7.87. The zero-order valence-electron chi connectivity index (χ0n) is 18.1. The average Bonchev–Trinajstić information content (AvgIpc) is 3.51. The third-order valence-corrected chi connectivity index (χ3v) is 8.49. The number of aromatic nitrogens is 2. The lowest BCUT2D eigenvalue weighted by atomic mass is 9.48. The Morgan fingerprint density at radius 1 is 1.18 bits per heavy atom. The van der Waals surface area contributed by atoms with Gasteiger partial charge in [0, 0.05) is 17.2 Å². The van der Waals surface area contributed by atoms with Crippen molar-refractivity contribution in [3.05, 3.63) is 39.9 Å². The predicted molar refractivity (Wildman–Crippen MR) is 118 cm³/mol. The molecule has 1 N–H and O–H groups in total. The first kappa shape index (κ1) is 21.4. The molecule has 33 heavy (non-hydrogen) atoms. The minimum Gasteiger partial charge on any atom is -0.273 e. The maximum absolute atomic E-state index is 13.2. The van der Waals surface area contributed by atoms with Crippen molar-refractivity contribution in [3.63, 3.8) is 0 Å². The highest BCUT2D eigenvalue weighted by atomic mass is 35.5. The zero-order valence-corrected chi connectivity index (χ0v) is 18.8. The summed E-state index contributed by atoms with van der Waals surface area (Å²) in [6.07, 6.45) is 3.40. The third kappa shape index (κ3) is 3.74. The van der Waals surface area contributed by atoms with Gasteiger partial charge in [-0.2, -0.15) is 13.2 Å². The SMILES string of the molecule is O=C(CC12CC3CC(CC(Cl)(C3)C1)C2)Nn1c(C2CC2)nc2cc(C(F)(F)F)ccc2c1=O. The van der Waals surface area contributed by atoms with E-state index in [0.29, 0.717) is 24.1 Å². The van der Waals surface area contributed by atoms with Gasteiger partial charge in [-0.3, -0.25) is 15.0 Å². The lowest BCUT2D eigenvalue weighted by molar-refractivity contribution is -0.137. The fraction of sp³-hybridized carbons (Fsp3) is 0.625. The molecule has 2 aromatic rings. The molecule has 176 valence electrons. The topological polar surface area (TPSA) is 64.0 Å². The summed E-state index contributed by atoms with van der Waals surface area (Å²) in [5.74, 6) is 1.16. The summed E-state index contributed by atoms with van der Waals surface area (Å²) >= 11 is 6.90. The monoisotopic (exact) mass is 479 g/mol. The van der Waals surface area contributed by atoms with Crippen molar-refractivity contribution < 1.29 is 18.0 Å². The largest absolute Gasteiger partial charge is 0.416 e. The van der Waals surface area contributed by atoms with E-state index in [0.717, 1.165) is 63.1 Å². The summed E-state index contributed by atoms with van der Waals surface area (Å²) in [6, 6.07) is 2.93. The van der Waals surface area contributed by atoms with Crippen LogP contribution in [0.25, 0.3) is 10.9 Å². The molecule has 1 amide bonds. The molecule has 5 saturated carbocycles. The van der Waals surface area contributed by atoms with Crippen LogP contribution in [0, 0.1) is 17.3 Å². The van der Waals surface area contributed by atoms with Crippen molar-refractivity contribution >= 4 is 28.4 Å². The lowest BCUT2D eigenvalue weighted by Crippen LogP contribution is -2.54. The van der Waals surface area contributed by atoms with Gasteiger partial charge in [-0.25, -0.2) is 9.66 Å². The first-order chi connectivity index (χ1) is 15.5. The van der Waals surface area contributed by atoms with E-state index >= 15 is 0 Å². The van der Waals surface area contributed by atoms with E-state index in [1.165, 1.54) is 11.1 Å². The summed E-state index contributed by atoms with van der Waals surface area (Å²) in [5, 5.41) is 0.0576. The van der Waals surface area contributed by atoms with Crippen LogP contribution >= 0.6 is 11.6 Å². The molecule has 1 heterocycles.